The zero-order valence-electron chi connectivity index (χ0n) is 34.4. The van der Waals surface area contributed by atoms with Crippen LogP contribution in [-0.4, -0.2) is 252 Å². The van der Waals surface area contributed by atoms with Gasteiger partial charge in [0.05, 0.1) is 13.2 Å². The third kappa shape index (κ3) is 15.4. The van der Waals surface area contributed by atoms with Crippen LogP contribution in [-0.2, 0) is 111 Å². The lowest BCUT2D eigenvalue weighted by molar-refractivity contribution is -0.364. The quantitative estimate of drug-likeness (QED) is 0.0504. The van der Waals surface area contributed by atoms with E-state index in [4.69, 9.17) is 33.2 Å². The van der Waals surface area contributed by atoms with E-state index in [0.717, 1.165) is 6.92 Å². The number of hydrogen-bond acceptors (Lipinski definition) is 29. The maximum absolute atomic E-state index is 12.9. The molecule has 14 N–H and O–H groups in total. The molecular weight excluding hydrogens is 1050 g/mol. The molecule has 41 heteroatoms. The van der Waals surface area contributed by atoms with Gasteiger partial charge in [0.25, 0.3) is 0 Å². The fourth-order valence-electron chi connectivity index (χ4n) is 7.22. The number of ether oxygens (including phenoxy) is 7. The molecule has 37 nitrogen and oxygen atoms in total. The lowest BCUT2D eigenvalue weighted by Gasteiger charge is -2.50. The summed E-state index contributed by atoms with van der Waals surface area (Å²) >= 11 is 0. The maximum atomic E-state index is 12.9. The molecule has 20 atom stereocenters. The third-order valence-electron chi connectivity index (χ3n) is 9.77. The molecular formula is C28H44N2O35S4. The number of amides is 2. The van der Waals surface area contributed by atoms with Crippen molar-refractivity contribution in [3.8, 4) is 0 Å². The molecule has 400 valence electrons. The molecule has 4 aliphatic heterocycles. The van der Waals surface area contributed by atoms with Gasteiger partial charge in [-0.2, -0.15) is 33.7 Å². The monoisotopic (exact) mass is 1100 g/mol. The molecule has 0 aromatic heterocycles. The number of aliphatic hydroxyl groups excluding tert-OH is 6. The Morgan fingerprint density at radius 1 is 0.464 bits per heavy atom. The molecule has 4 heterocycles. The lowest BCUT2D eigenvalue weighted by Crippen LogP contribution is -2.71. The van der Waals surface area contributed by atoms with Crippen LogP contribution < -0.4 is 10.6 Å². The number of carbonyl (C=O) groups excluding carboxylic acids is 2. The SMILES string of the molecule is CC(=O)N[C@@H]1[C@@H](O[C@@H]2O[C@H](C(=O)O)[C@@H](O[C@@H]3O[C@H](CO)[C@H](O)[C@H](O[C@@H]4O[C@H](C(=O)O)[C@@H](O)[C@H](OS(=O)(=O)O)[C@H]4OS(=O)(=O)O)[C@H]3NC(C)=O)[C@H](OS(=O)(=O)O)[C@H]2OS(=O)(=O)O)[C@@H](O)[C@@H](CO)O[C@H]1O. The fraction of sp³-hybridized carbons (Fsp3) is 0.857. The molecule has 4 saturated heterocycles. The number of aliphatic carboxylic acids is 2. The maximum Gasteiger partial charge on any atom is 0.397 e. The summed E-state index contributed by atoms with van der Waals surface area (Å²) in [7, 11) is -23.9. The van der Waals surface area contributed by atoms with Gasteiger partial charge >= 0.3 is 53.5 Å². The van der Waals surface area contributed by atoms with Crippen LogP contribution in [0.2, 0.25) is 0 Å². The first-order chi connectivity index (χ1) is 31.6. The van der Waals surface area contributed by atoms with Gasteiger partial charge in [-0.3, -0.25) is 27.8 Å². The number of aliphatic hydroxyl groups is 6. The molecule has 0 aliphatic carbocycles. The summed E-state index contributed by atoms with van der Waals surface area (Å²) in [5, 5.41) is 87.6. The number of carbonyl (C=O) groups is 4. The van der Waals surface area contributed by atoms with Gasteiger partial charge in [-0.05, 0) is 0 Å². The first kappa shape index (κ1) is 58.4. The standard InChI is InChI=1S/C28H44N2O35S4/c1-5(33)29-9-14(11(35)7(3-31)55-25(9)42)57-28-22(65-69(52,53)54)19(63-67(46,47)48)18(20(61-28)24(40)41)60-26-10(30-6(2)34)15(12(36)8(4-32)56-26)58-27-21(64-68(49,50)51)16(62-66(43,44)45)13(37)17(59-27)23(38)39/h7-22,25-28,31-32,35-37,42H,3-4H2,1-2H3,(H,29,33)(H,30,34)(H,38,39)(H,40,41)(H,43,44,45)(H,46,47,48)(H,49,50,51)(H,52,53,54)/t7-,8-,9-,10-,11+,12+,13+,14-,15-,16+,17+,18+,19+,20+,21-,22-,25-,26+,27-,28-/m1/s1. The third-order valence-corrected chi connectivity index (χ3v) is 11.6. The highest BCUT2D eigenvalue weighted by molar-refractivity contribution is 7.81. The number of carboxylic acids is 2. The van der Waals surface area contributed by atoms with E-state index in [1.54, 1.807) is 0 Å². The molecule has 0 bridgehead atoms. The average molecular weight is 1100 g/mol. The highest BCUT2D eigenvalue weighted by Crippen LogP contribution is 2.38. The summed E-state index contributed by atoms with van der Waals surface area (Å²) < 4.78 is 190. The Hall–Kier alpha value is -3.16. The zero-order chi connectivity index (χ0) is 52.5. The molecule has 0 unspecified atom stereocenters. The summed E-state index contributed by atoms with van der Waals surface area (Å²) in [5.41, 5.74) is 0. The molecule has 4 rings (SSSR count). The van der Waals surface area contributed by atoms with Crippen molar-refractivity contribution in [1.29, 1.82) is 0 Å². The van der Waals surface area contributed by atoms with Crippen LogP contribution in [0.15, 0.2) is 0 Å². The van der Waals surface area contributed by atoms with Crippen LogP contribution in [0.25, 0.3) is 0 Å². The molecule has 4 fully saturated rings. The zero-order valence-corrected chi connectivity index (χ0v) is 37.6. The van der Waals surface area contributed by atoms with E-state index in [9.17, 15) is 112 Å². The van der Waals surface area contributed by atoms with Crippen molar-refractivity contribution in [1.82, 2.24) is 10.6 Å². The molecule has 0 aromatic rings. The largest absolute Gasteiger partial charge is 0.479 e. The van der Waals surface area contributed by atoms with Gasteiger partial charge in [0.2, 0.25) is 11.8 Å². The molecule has 0 saturated carbocycles. The fourth-order valence-corrected chi connectivity index (χ4v) is 9.19. The van der Waals surface area contributed by atoms with Gasteiger partial charge < -0.3 is 84.6 Å². The number of carboxylic acid groups (broad SMARTS) is 2. The summed E-state index contributed by atoms with van der Waals surface area (Å²) in [6, 6.07) is -4.39. The minimum Gasteiger partial charge on any atom is -0.479 e. The predicted molar refractivity (Wildman–Crippen MR) is 200 cm³/mol. The summed E-state index contributed by atoms with van der Waals surface area (Å²) in [6.07, 6.45) is -47.9. The molecule has 0 aromatic carbocycles. The summed E-state index contributed by atoms with van der Waals surface area (Å²) in [5.74, 6) is -6.79. The van der Waals surface area contributed by atoms with Crippen molar-refractivity contribution in [3.05, 3.63) is 0 Å². The summed E-state index contributed by atoms with van der Waals surface area (Å²) in [6.45, 7) is -1.00. The van der Waals surface area contributed by atoms with Gasteiger partial charge in [-0.25, -0.2) is 26.3 Å². The molecule has 69 heavy (non-hydrogen) atoms. The number of nitrogens with one attached hydrogen (secondary N) is 2. The highest BCUT2D eigenvalue weighted by Gasteiger charge is 2.61. The molecule has 0 radical (unpaired) electrons. The molecule has 0 spiro atoms. The van der Waals surface area contributed by atoms with Crippen molar-refractivity contribution in [2.24, 2.45) is 0 Å². The first-order valence-electron chi connectivity index (χ1n) is 18.7. The Morgan fingerprint density at radius 3 is 1.25 bits per heavy atom. The van der Waals surface area contributed by atoms with E-state index in [-0.39, 0.29) is 0 Å². The second-order valence-corrected chi connectivity index (χ2v) is 18.9. The van der Waals surface area contributed by atoms with Gasteiger partial charge in [0, 0.05) is 13.8 Å². The second-order valence-electron chi connectivity index (χ2n) is 14.7. The van der Waals surface area contributed by atoms with Gasteiger partial charge in [0.15, 0.2) is 49.6 Å². The van der Waals surface area contributed by atoms with Crippen LogP contribution in [0.1, 0.15) is 13.8 Å². The van der Waals surface area contributed by atoms with Crippen LogP contribution in [0.5, 0.6) is 0 Å². The van der Waals surface area contributed by atoms with Crippen molar-refractivity contribution in [3.63, 3.8) is 0 Å². The van der Waals surface area contributed by atoms with Crippen molar-refractivity contribution in [2.45, 2.75) is 137 Å². The van der Waals surface area contributed by atoms with Gasteiger partial charge in [-0.1, -0.05) is 0 Å². The van der Waals surface area contributed by atoms with Crippen LogP contribution in [0.4, 0.5) is 0 Å². The van der Waals surface area contributed by atoms with E-state index in [1.165, 1.54) is 0 Å². The van der Waals surface area contributed by atoms with Crippen LogP contribution in [0, 0.1) is 0 Å². The molecule has 4 aliphatic rings. The van der Waals surface area contributed by atoms with E-state index in [0.29, 0.717) is 6.92 Å². The second kappa shape index (κ2) is 22.7. The van der Waals surface area contributed by atoms with Crippen LogP contribution >= 0.6 is 0 Å². The Morgan fingerprint density at radius 2 is 0.826 bits per heavy atom. The van der Waals surface area contributed by atoms with Crippen molar-refractivity contribution >= 4 is 65.3 Å². The van der Waals surface area contributed by atoms with Gasteiger partial charge in [0.1, 0.15) is 73.1 Å². The Balaban J connectivity index is 1.90. The normalized spacial score (nSPS) is 39.2. The summed E-state index contributed by atoms with van der Waals surface area (Å²) in [4.78, 5) is 49.7. The van der Waals surface area contributed by atoms with E-state index >= 15 is 0 Å². The number of rotatable bonds is 20. The van der Waals surface area contributed by atoms with Gasteiger partial charge in [-0.15, -0.1) is 0 Å². The Kier molecular flexibility index (Phi) is 19.2. The molecule has 2 amide bonds. The predicted octanol–water partition coefficient (Wildman–Crippen LogP) is -9.97. The number of hydrogen-bond donors (Lipinski definition) is 14. The van der Waals surface area contributed by atoms with E-state index in [2.05, 4.69) is 22.0 Å². The Bertz CT molecular complexity index is 2300. The smallest absolute Gasteiger partial charge is 0.397 e. The average Bonchev–Trinajstić information content (AvgIpc) is 3.18. The topological polar surface area (TPSA) is 573 Å². The van der Waals surface area contributed by atoms with E-state index in [1.807, 2.05) is 5.32 Å². The minimum atomic E-state index is -6.09. The highest BCUT2D eigenvalue weighted by atomic mass is 32.3. The Labute approximate surface area is 386 Å². The van der Waals surface area contributed by atoms with Crippen molar-refractivity contribution < 1.29 is 162 Å². The van der Waals surface area contributed by atoms with E-state index < -0.39 is 201 Å². The first-order valence-corrected chi connectivity index (χ1v) is 24.2. The lowest BCUT2D eigenvalue weighted by atomic mass is 9.94. The van der Waals surface area contributed by atoms with Crippen molar-refractivity contribution in [2.75, 3.05) is 13.2 Å². The minimum absolute atomic E-state index is 0.690. The van der Waals surface area contributed by atoms with Crippen LogP contribution in [0.3, 0.4) is 0 Å².